The zero-order valence-electron chi connectivity index (χ0n) is 23.3. The molecule has 0 radical (unpaired) electrons. The normalized spacial score (nSPS) is 20.8. The molecule has 4 rings (SSSR count). The summed E-state index contributed by atoms with van der Waals surface area (Å²) in [6.45, 7) is 5.00. The minimum absolute atomic E-state index is 0.0383. The lowest BCUT2D eigenvalue weighted by Gasteiger charge is -2.25. The van der Waals surface area contributed by atoms with Gasteiger partial charge in [0.15, 0.2) is 17.3 Å². The molecule has 3 aromatic rings. The highest BCUT2D eigenvalue weighted by Gasteiger charge is 2.53. The Hall–Kier alpha value is -4.15. The Labute approximate surface area is 242 Å². The number of esters is 1. The molecule has 1 aromatic carbocycles. The number of aromatic nitrogens is 3. The van der Waals surface area contributed by atoms with Crippen LogP contribution in [0, 0.1) is 17.2 Å². The van der Waals surface area contributed by atoms with Gasteiger partial charge in [-0.25, -0.2) is 14.1 Å². The van der Waals surface area contributed by atoms with Crippen LogP contribution in [0.25, 0.3) is 5.52 Å². The molecule has 1 unspecified atom stereocenters. The Morgan fingerprint density at radius 3 is 2.64 bits per heavy atom. The lowest BCUT2D eigenvalue weighted by molar-refractivity contribution is -0.146. The molecular weight excluding hydrogens is 567 g/mol. The predicted molar refractivity (Wildman–Crippen MR) is 150 cm³/mol. The average molecular weight is 601 g/mol. The zero-order chi connectivity index (χ0) is 30.5. The van der Waals surface area contributed by atoms with E-state index in [9.17, 15) is 24.8 Å². The first kappa shape index (κ1) is 30.8. The number of nitrogens with zero attached hydrogens (tertiary/aromatic N) is 4. The maximum absolute atomic E-state index is 13.9. The maximum atomic E-state index is 13.9. The lowest BCUT2D eigenvalue weighted by Crippen LogP contribution is -2.37. The van der Waals surface area contributed by atoms with Gasteiger partial charge in [0.1, 0.15) is 35.8 Å². The molecule has 0 aliphatic carbocycles. The summed E-state index contributed by atoms with van der Waals surface area (Å²) in [7, 11) is -4.34. The van der Waals surface area contributed by atoms with E-state index in [1.165, 1.54) is 35.7 Å². The highest BCUT2D eigenvalue weighted by molar-refractivity contribution is 7.52. The number of nitrogen functional groups attached to an aromatic ring is 1. The van der Waals surface area contributed by atoms with Crippen molar-refractivity contribution in [1.82, 2.24) is 19.7 Å². The molecule has 5 N–H and O–H groups in total. The molecule has 0 amide bonds. The van der Waals surface area contributed by atoms with Gasteiger partial charge in [0.25, 0.3) is 5.60 Å². The molecule has 15 heteroatoms. The first-order chi connectivity index (χ1) is 20.1. The molecule has 0 fully saturated rings. The summed E-state index contributed by atoms with van der Waals surface area (Å²) < 4.78 is 37.6. The molecule has 4 atom stereocenters. The number of para-hydroxylation sites is 1. The van der Waals surface area contributed by atoms with E-state index in [2.05, 4.69) is 15.2 Å². The molecule has 0 saturated heterocycles. The van der Waals surface area contributed by atoms with E-state index in [0.717, 1.165) is 19.2 Å². The second kappa shape index (κ2) is 12.8. The van der Waals surface area contributed by atoms with Gasteiger partial charge in [-0.1, -0.05) is 44.9 Å². The van der Waals surface area contributed by atoms with E-state index >= 15 is 0 Å². The van der Waals surface area contributed by atoms with E-state index in [-0.39, 0.29) is 29.8 Å². The number of ether oxygens (including phenoxy) is 2. The van der Waals surface area contributed by atoms with Crippen LogP contribution in [0.4, 0.5) is 5.82 Å². The zero-order valence-corrected chi connectivity index (χ0v) is 24.2. The fourth-order valence-corrected chi connectivity index (χ4v) is 5.81. The Balaban J connectivity index is 1.54. The van der Waals surface area contributed by atoms with E-state index in [0.29, 0.717) is 5.52 Å². The molecule has 0 bridgehead atoms. The number of aliphatic hydroxyl groups is 2. The summed E-state index contributed by atoms with van der Waals surface area (Å²) in [6, 6.07) is 11.8. The Kier molecular flexibility index (Phi) is 9.38. The molecule has 3 heterocycles. The molecule has 14 nitrogen and oxygen atoms in total. The fraction of sp³-hybridized carbons (Fsp3) is 0.407. The number of hydrogen-bond donors (Lipinski definition) is 4. The van der Waals surface area contributed by atoms with Crippen LogP contribution < -0.4 is 15.3 Å². The van der Waals surface area contributed by atoms with Crippen LogP contribution in [0.3, 0.4) is 0 Å². The summed E-state index contributed by atoms with van der Waals surface area (Å²) in [5.41, 5.74) is 4.06. The van der Waals surface area contributed by atoms with Gasteiger partial charge in [0.05, 0.1) is 18.9 Å². The minimum atomic E-state index is -4.34. The summed E-state index contributed by atoms with van der Waals surface area (Å²) in [4.78, 5) is 16.6. The van der Waals surface area contributed by atoms with Crippen molar-refractivity contribution >= 4 is 25.1 Å². The van der Waals surface area contributed by atoms with Crippen LogP contribution in [0.1, 0.15) is 39.3 Å². The van der Waals surface area contributed by atoms with Crippen molar-refractivity contribution in [3.63, 3.8) is 0 Å². The van der Waals surface area contributed by atoms with Gasteiger partial charge in [-0.05, 0) is 37.1 Å². The number of aliphatic hydroxyl groups excluding tert-OH is 2. The smallest absolute Gasteiger partial charge is 0.459 e. The van der Waals surface area contributed by atoms with E-state index in [4.69, 9.17) is 24.3 Å². The summed E-state index contributed by atoms with van der Waals surface area (Å²) >= 11 is 0. The molecule has 0 spiro atoms. The van der Waals surface area contributed by atoms with Gasteiger partial charge in [0, 0.05) is 0 Å². The SMILES string of the molecule is CCC(CC)COC(=O)[C@H](C)NP(=O)(OC[C@@H]1O[C@](C#N)(c2ccc3c(N)ncnn23)C(O)=C1O)Oc1ccccc1. The number of nitrogens with two attached hydrogens (primary N) is 1. The first-order valence-electron chi connectivity index (χ1n) is 13.3. The standard InChI is InChI=1S/C27H33N6O8P/c1-4-18(5-2)13-38-26(36)17(3)32-42(37,41-19-9-7-6-8-10-19)39-14-21-23(34)24(35)27(15-28,40-21)22-12-11-20-25(29)30-16-31-33(20)22/h6-12,16-18,21,34-35H,4-5,13-14H2,1-3H3,(H,32,37)(H2,29,30,31)/t17-,21-,27+,42?/m0/s1. The predicted octanol–water partition coefficient (Wildman–Crippen LogP) is 3.92. The molecule has 0 saturated carbocycles. The number of nitrogens with one attached hydrogen (secondary N) is 1. The van der Waals surface area contributed by atoms with Crippen molar-refractivity contribution in [1.29, 1.82) is 5.26 Å². The van der Waals surface area contributed by atoms with Crippen molar-refractivity contribution in [2.75, 3.05) is 18.9 Å². The molecule has 1 aliphatic heterocycles. The summed E-state index contributed by atoms with van der Waals surface area (Å²) in [5.74, 6) is -1.72. The van der Waals surface area contributed by atoms with Gasteiger partial charge < -0.3 is 29.9 Å². The van der Waals surface area contributed by atoms with Crippen LogP contribution >= 0.6 is 7.75 Å². The second-order valence-corrected chi connectivity index (χ2v) is 11.3. The van der Waals surface area contributed by atoms with Crippen molar-refractivity contribution in [2.24, 2.45) is 5.92 Å². The van der Waals surface area contributed by atoms with Gasteiger partial charge in [-0.3, -0.25) is 9.32 Å². The Morgan fingerprint density at radius 2 is 1.98 bits per heavy atom. The third kappa shape index (κ3) is 6.19. The van der Waals surface area contributed by atoms with Crippen molar-refractivity contribution in [3.05, 3.63) is 66.0 Å². The van der Waals surface area contributed by atoms with Crippen LogP contribution in [-0.2, 0) is 29.0 Å². The number of rotatable bonds is 13. The number of anilines is 1. The topological polar surface area (TPSA) is 204 Å². The van der Waals surface area contributed by atoms with E-state index in [1.807, 2.05) is 19.9 Å². The van der Waals surface area contributed by atoms with Gasteiger partial charge in [-0.2, -0.15) is 15.4 Å². The number of carbonyl (C=O) groups excluding carboxylic acids is 1. The second-order valence-electron chi connectivity index (χ2n) is 9.66. The van der Waals surface area contributed by atoms with Gasteiger partial charge >= 0.3 is 13.7 Å². The van der Waals surface area contributed by atoms with Gasteiger partial charge in [-0.15, -0.1) is 0 Å². The number of fused-ring (bicyclic) bond motifs is 1. The number of nitriles is 1. The Morgan fingerprint density at radius 1 is 1.26 bits per heavy atom. The Bertz CT molecular complexity index is 1540. The molecule has 2 aromatic heterocycles. The molecular formula is C27H33N6O8P. The number of benzene rings is 1. The quantitative estimate of drug-likeness (QED) is 0.162. The summed E-state index contributed by atoms with van der Waals surface area (Å²) in [6.07, 6.45) is 1.37. The van der Waals surface area contributed by atoms with Crippen LogP contribution in [0.15, 0.2) is 60.3 Å². The van der Waals surface area contributed by atoms with Gasteiger partial charge in [0.2, 0.25) is 0 Å². The van der Waals surface area contributed by atoms with E-state index in [1.54, 1.807) is 18.2 Å². The third-order valence-corrected chi connectivity index (χ3v) is 8.53. The summed E-state index contributed by atoms with van der Waals surface area (Å²) in [5, 5.41) is 38.4. The molecule has 224 valence electrons. The van der Waals surface area contributed by atoms with Crippen molar-refractivity contribution < 1.29 is 38.1 Å². The van der Waals surface area contributed by atoms with Crippen LogP contribution in [-0.4, -0.2) is 56.1 Å². The molecule has 1 aliphatic rings. The fourth-order valence-electron chi connectivity index (χ4n) is 4.32. The highest BCUT2D eigenvalue weighted by atomic mass is 31.2. The van der Waals surface area contributed by atoms with Crippen LogP contribution in [0.2, 0.25) is 0 Å². The van der Waals surface area contributed by atoms with Crippen molar-refractivity contribution in [3.8, 4) is 11.8 Å². The largest absolute Gasteiger partial charge is 0.506 e. The average Bonchev–Trinajstić information content (AvgIpc) is 3.53. The molecule has 42 heavy (non-hydrogen) atoms. The lowest BCUT2D eigenvalue weighted by atomic mass is 10.00. The third-order valence-electron chi connectivity index (χ3n) is 6.89. The monoisotopic (exact) mass is 600 g/mol. The van der Waals surface area contributed by atoms with E-state index < -0.39 is 49.6 Å². The highest BCUT2D eigenvalue weighted by Crippen LogP contribution is 2.47. The maximum Gasteiger partial charge on any atom is 0.459 e. The van der Waals surface area contributed by atoms with Crippen molar-refractivity contribution in [2.45, 2.75) is 51.4 Å². The minimum Gasteiger partial charge on any atom is -0.506 e. The first-order valence-corrected chi connectivity index (χ1v) is 14.9. The number of carbonyl (C=O) groups is 1. The number of hydrogen-bond acceptors (Lipinski definition) is 12. The van der Waals surface area contributed by atoms with Crippen LogP contribution in [0.5, 0.6) is 5.75 Å².